The lowest BCUT2D eigenvalue weighted by atomic mass is 10.1. The minimum Gasteiger partial charge on any atom is -0.397 e. The van der Waals surface area contributed by atoms with Crippen molar-refractivity contribution in [3.63, 3.8) is 0 Å². The molecule has 76 valence electrons. The number of hydrogen-bond acceptors (Lipinski definition) is 4. The molecule has 0 heterocycles. The van der Waals surface area contributed by atoms with E-state index in [2.05, 4.69) is 0 Å². The maximum absolute atomic E-state index is 10.8. The fraction of sp³-hybridized carbons (Fsp3) is 0. The summed E-state index contributed by atoms with van der Waals surface area (Å²) in [6.45, 7) is 0. The van der Waals surface area contributed by atoms with Gasteiger partial charge in [-0.15, -0.1) is 0 Å². The molecule has 0 fully saturated rings. The number of hydrogen-bond donors (Lipinski definition) is 2. The van der Waals surface area contributed by atoms with Gasteiger partial charge in [0.15, 0.2) is 0 Å². The number of fused-ring (bicyclic) bond motifs is 1. The van der Waals surface area contributed by atoms with Crippen LogP contribution >= 0.6 is 0 Å². The van der Waals surface area contributed by atoms with Crippen LogP contribution in [0.4, 0.5) is 17.1 Å². The third-order valence-corrected chi connectivity index (χ3v) is 2.29. The molecule has 0 saturated carbocycles. The fourth-order valence-electron chi connectivity index (χ4n) is 1.55. The first-order valence-electron chi connectivity index (χ1n) is 4.32. The first-order chi connectivity index (χ1) is 7.11. The van der Waals surface area contributed by atoms with Crippen LogP contribution in [0, 0.1) is 10.1 Å². The summed E-state index contributed by atoms with van der Waals surface area (Å²) in [5.41, 5.74) is 11.9. The molecule has 0 unspecified atom stereocenters. The first kappa shape index (κ1) is 9.26. The average Bonchev–Trinajstić information content (AvgIpc) is 2.23. The quantitative estimate of drug-likeness (QED) is 0.420. The molecule has 5 heteroatoms. The molecule has 0 aliphatic heterocycles. The summed E-state index contributed by atoms with van der Waals surface area (Å²) in [6.07, 6.45) is 0. The molecule has 2 rings (SSSR count). The average molecular weight is 203 g/mol. The van der Waals surface area contributed by atoms with Gasteiger partial charge >= 0.3 is 0 Å². The van der Waals surface area contributed by atoms with Crippen LogP contribution in [-0.4, -0.2) is 4.92 Å². The van der Waals surface area contributed by atoms with Crippen molar-refractivity contribution in [1.29, 1.82) is 0 Å². The molecule has 0 aromatic heterocycles. The Morgan fingerprint density at radius 3 is 2.33 bits per heavy atom. The topological polar surface area (TPSA) is 95.2 Å². The molecule has 0 atom stereocenters. The van der Waals surface area contributed by atoms with Crippen LogP contribution < -0.4 is 11.5 Å². The molecule has 15 heavy (non-hydrogen) atoms. The van der Waals surface area contributed by atoms with Crippen molar-refractivity contribution in [2.24, 2.45) is 0 Å². The van der Waals surface area contributed by atoms with Crippen molar-refractivity contribution < 1.29 is 4.92 Å². The summed E-state index contributed by atoms with van der Waals surface area (Å²) in [7, 11) is 0. The highest BCUT2D eigenvalue weighted by molar-refractivity contribution is 6.03. The number of non-ortho nitro benzene ring substituents is 1. The van der Waals surface area contributed by atoms with Gasteiger partial charge in [0.05, 0.1) is 21.7 Å². The zero-order chi connectivity index (χ0) is 11.0. The molecule has 5 nitrogen and oxygen atoms in total. The highest BCUT2D eigenvalue weighted by Gasteiger charge is 2.15. The van der Waals surface area contributed by atoms with Gasteiger partial charge in [0.25, 0.3) is 5.69 Å². The Balaban J connectivity index is 2.94. The summed E-state index contributed by atoms with van der Waals surface area (Å²) in [4.78, 5) is 10.3. The molecule has 2 aromatic carbocycles. The van der Waals surface area contributed by atoms with Crippen LogP contribution in [0.2, 0.25) is 0 Å². The van der Waals surface area contributed by atoms with Gasteiger partial charge in [-0.2, -0.15) is 0 Å². The van der Waals surface area contributed by atoms with Gasteiger partial charge in [0.1, 0.15) is 0 Å². The highest BCUT2D eigenvalue weighted by Crippen LogP contribution is 2.34. The lowest BCUT2D eigenvalue weighted by Gasteiger charge is -2.05. The standard InChI is InChI=1S/C10H9N3O2/c11-8-5-9(13(14)15)6-3-1-2-4-7(6)10(8)12/h1-5H,11-12H2. The number of nitrogens with zero attached hydrogens (tertiary/aromatic N) is 1. The monoisotopic (exact) mass is 203 g/mol. The minimum absolute atomic E-state index is 0.0164. The Bertz CT molecular complexity index is 552. The highest BCUT2D eigenvalue weighted by atomic mass is 16.6. The number of anilines is 2. The predicted molar refractivity (Wildman–Crippen MR) is 59.4 cm³/mol. The fourth-order valence-corrected chi connectivity index (χ4v) is 1.55. The van der Waals surface area contributed by atoms with Crippen molar-refractivity contribution >= 4 is 27.8 Å². The van der Waals surface area contributed by atoms with Gasteiger partial charge in [-0.3, -0.25) is 10.1 Å². The van der Waals surface area contributed by atoms with Crippen LogP contribution in [0.5, 0.6) is 0 Å². The predicted octanol–water partition coefficient (Wildman–Crippen LogP) is 1.91. The number of nitrogen functional groups attached to an aromatic ring is 2. The second-order valence-corrected chi connectivity index (χ2v) is 3.20. The Kier molecular flexibility index (Phi) is 1.93. The van der Waals surface area contributed by atoms with E-state index >= 15 is 0 Å². The van der Waals surface area contributed by atoms with Crippen LogP contribution in [0.1, 0.15) is 0 Å². The van der Waals surface area contributed by atoms with Crippen LogP contribution in [-0.2, 0) is 0 Å². The van der Waals surface area contributed by atoms with Crippen LogP contribution in [0.25, 0.3) is 10.8 Å². The molecule has 2 aromatic rings. The van der Waals surface area contributed by atoms with Crippen LogP contribution in [0.3, 0.4) is 0 Å². The molecule has 0 amide bonds. The van der Waals surface area contributed by atoms with Crippen molar-refractivity contribution in [1.82, 2.24) is 0 Å². The summed E-state index contributed by atoms with van der Waals surface area (Å²) < 4.78 is 0. The van der Waals surface area contributed by atoms with E-state index in [1.54, 1.807) is 24.3 Å². The van der Waals surface area contributed by atoms with Crippen molar-refractivity contribution in [3.8, 4) is 0 Å². The third kappa shape index (κ3) is 1.34. The van der Waals surface area contributed by atoms with E-state index in [4.69, 9.17) is 11.5 Å². The van der Waals surface area contributed by atoms with E-state index in [0.29, 0.717) is 16.5 Å². The first-order valence-corrected chi connectivity index (χ1v) is 4.32. The number of benzene rings is 2. The molecule has 0 bridgehead atoms. The largest absolute Gasteiger partial charge is 0.397 e. The van der Waals surface area contributed by atoms with Gasteiger partial charge in [-0.25, -0.2) is 0 Å². The zero-order valence-corrected chi connectivity index (χ0v) is 7.81. The molecule has 0 aliphatic carbocycles. The zero-order valence-electron chi connectivity index (χ0n) is 7.81. The molecule has 0 spiro atoms. The Morgan fingerprint density at radius 2 is 1.73 bits per heavy atom. The van der Waals surface area contributed by atoms with Gasteiger partial charge in [0.2, 0.25) is 0 Å². The van der Waals surface area contributed by atoms with E-state index in [1.807, 2.05) is 0 Å². The maximum atomic E-state index is 10.8. The SMILES string of the molecule is Nc1cc([N+](=O)[O-])c2ccccc2c1N. The molecule has 0 radical (unpaired) electrons. The van der Waals surface area contributed by atoms with E-state index in [9.17, 15) is 10.1 Å². The Hall–Kier alpha value is -2.30. The summed E-state index contributed by atoms with van der Waals surface area (Å²) in [5.74, 6) is 0. The van der Waals surface area contributed by atoms with Crippen molar-refractivity contribution in [2.75, 3.05) is 11.5 Å². The molecular formula is C10H9N3O2. The van der Waals surface area contributed by atoms with E-state index in [0.717, 1.165) is 0 Å². The number of nitrogens with two attached hydrogens (primary N) is 2. The maximum Gasteiger partial charge on any atom is 0.279 e. The Labute approximate surface area is 85.4 Å². The van der Waals surface area contributed by atoms with E-state index < -0.39 is 4.92 Å². The van der Waals surface area contributed by atoms with Crippen molar-refractivity contribution in [2.45, 2.75) is 0 Å². The summed E-state index contributed by atoms with van der Waals surface area (Å²) in [5, 5.41) is 11.9. The van der Waals surface area contributed by atoms with Gasteiger partial charge in [-0.05, 0) is 6.07 Å². The van der Waals surface area contributed by atoms with Gasteiger partial charge in [0, 0.05) is 11.5 Å². The second kappa shape index (κ2) is 3.13. The number of nitro groups is 1. The molecular weight excluding hydrogens is 194 g/mol. The lowest BCUT2D eigenvalue weighted by Crippen LogP contribution is -1.98. The third-order valence-electron chi connectivity index (χ3n) is 2.29. The number of rotatable bonds is 1. The van der Waals surface area contributed by atoms with Crippen molar-refractivity contribution in [3.05, 3.63) is 40.4 Å². The smallest absolute Gasteiger partial charge is 0.279 e. The molecule has 4 N–H and O–H groups in total. The normalized spacial score (nSPS) is 10.4. The summed E-state index contributed by atoms with van der Waals surface area (Å²) >= 11 is 0. The minimum atomic E-state index is -0.460. The summed E-state index contributed by atoms with van der Waals surface area (Å²) in [6, 6.07) is 8.15. The second-order valence-electron chi connectivity index (χ2n) is 3.20. The van der Waals surface area contributed by atoms with Gasteiger partial charge < -0.3 is 11.5 Å². The van der Waals surface area contributed by atoms with Crippen LogP contribution in [0.15, 0.2) is 30.3 Å². The Morgan fingerprint density at radius 1 is 1.13 bits per heavy atom. The van der Waals surface area contributed by atoms with E-state index in [-0.39, 0.29) is 11.4 Å². The number of nitro benzene ring substituents is 1. The molecule has 0 aliphatic rings. The van der Waals surface area contributed by atoms with Gasteiger partial charge in [-0.1, -0.05) is 18.2 Å². The lowest BCUT2D eigenvalue weighted by molar-refractivity contribution is -0.383. The molecule has 0 saturated heterocycles. The van der Waals surface area contributed by atoms with E-state index in [1.165, 1.54) is 6.07 Å².